The Labute approximate surface area is 303 Å². The predicted molar refractivity (Wildman–Crippen MR) is 204 cm³/mol. The first kappa shape index (κ1) is 39.5. The molecule has 4 aliphatic carbocycles. The Balaban J connectivity index is 0.000000167. The third kappa shape index (κ3) is 8.45. The molecule has 2 unspecified atom stereocenters. The van der Waals surface area contributed by atoms with Gasteiger partial charge in [-0.05, 0) is 150 Å². The van der Waals surface area contributed by atoms with Crippen LogP contribution in [0.25, 0.3) is 0 Å². The highest BCUT2D eigenvalue weighted by molar-refractivity contribution is 5.68. The molecule has 7 heteroatoms. The molecular formula is C44H54FN3O3. The Hall–Kier alpha value is -4.27. The molecule has 0 saturated carbocycles. The summed E-state index contributed by atoms with van der Waals surface area (Å²) in [6, 6.07) is 7.87. The van der Waals surface area contributed by atoms with Gasteiger partial charge in [0.25, 0.3) is 0 Å². The Morgan fingerprint density at radius 2 is 1.29 bits per heavy atom. The minimum atomic E-state index is -0.312. The van der Waals surface area contributed by atoms with Crippen LogP contribution in [0.2, 0.25) is 0 Å². The van der Waals surface area contributed by atoms with Crippen LogP contribution in [0, 0.1) is 5.82 Å². The third-order valence-corrected chi connectivity index (χ3v) is 10.9. The summed E-state index contributed by atoms with van der Waals surface area (Å²) in [5.41, 5.74) is 14.8. The van der Waals surface area contributed by atoms with Gasteiger partial charge in [0.15, 0.2) is 0 Å². The van der Waals surface area contributed by atoms with Crippen molar-refractivity contribution in [1.82, 2.24) is 0 Å². The highest BCUT2D eigenvalue weighted by Gasteiger charge is 2.29. The van der Waals surface area contributed by atoms with Gasteiger partial charge in [-0.2, -0.15) is 15.0 Å². The highest BCUT2D eigenvalue weighted by Crippen LogP contribution is 2.46. The fourth-order valence-electron chi connectivity index (χ4n) is 8.53. The number of halogens is 1. The quantitative estimate of drug-likeness (QED) is 0.190. The van der Waals surface area contributed by atoms with Crippen LogP contribution in [0.3, 0.4) is 0 Å². The molecule has 0 radical (unpaired) electrons. The molecule has 0 spiro atoms. The first-order valence-electron chi connectivity index (χ1n) is 19.1. The van der Waals surface area contributed by atoms with Gasteiger partial charge in [-0.25, -0.2) is 18.8 Å². The third-order valence-electron chi connectivity index (χ3n) is 10.9. The van der Waals surface area contributed by atoms with Crippen molar-refractivity contribution in [2.24, 2.45) is 15.0 Å². The molecule has 7 rings (SSSR count). The number of nitrogens with zero attached hydrogens (tertiary/aromatic N) is 3. The van der Waals surface area contributed by atoms with Crippen LogP contribution in [0.4, 0.5) is 21.5 Å². The molecule has 0 fully saturated rings. The second kappa shape index (κ2) is 18.3. The summed E-state index contributed by atoms with van der Waals surface area (Å²) in [7, 11) is 0. The Bertz CT molecular complexity index is 1880. The molecular weight excluding hydrogens is 638 g/mol. The molecule has 51 heavy (non-hydrogen) atoms. The molecule has 6 nitrogen and oxygen atoms in total. The van der Waals surface area contributed by atoms with Gasteiger partial charge in [0.1, 0.15) is 5.82 Å². The molecule has 0 bridgehead atoms. The lowest BCUT2D eigenvalue weighted by Crippen LogP contribution is -1.99. The Kier molecular flexibility index (Phi) is 14.2. The van der Waals surface area contributed by atoms with Crippen molar-refractivity contribution in [2.45, 2.75) is 150 Å². The normalized spacial score (nSPS) is 17.2. The van der Waals surface area contributed by atoms with E-state index < -0.39 is 0 Å². The molecule has 3 aromatic carbocycles. The van der Waals surface area contributed by atoms with E-state index in [1.165, 1.54) is 88.8 Å². The van der Waals surface area contributed by atoms with E-state index in [2.05, 4.69) is 41.0 Å². The maximum atomic E-state index is 13.7. The van der Waals surface area contributed by atoms with Crippen molar-refractivity contribution in [3.63, 3.8) is 0 Å². The van der Waals surface area contributed by atoms with Gasteiger partial charge in [0.2, 0.25) is 18.2 Å². The van der Waals surface area contributed by atoms with Crippen LogP contribution in [0.5, 0.6) is 0 Å². The second-order valence-corrected chi connectivity index (χ2v) is 14.5. The number of aryl methyl sites for hydroxylation is 3. The van der Waals surface area contributed by atoms with Gasteiger partial charge in [-0.1, -0.05) is 73.6 Å². The van der Waals surface area contributed by atoms with Gasteiger partial charge in [-0.15, -0.1) is 0 Å². The van der Waals surface area contributed by atoms with Crippen LogP contribution in [-0.2, 0) is 52.9 Å². The highest BCUT2D eigenvalue weighted by atomic mass is 19.1. The number of benzene rings is 3. The molecule has 2 atom stereocenters. The number of carbonyl (C=O) groups excluding carboxylic acids is 3. The fourth-order valence-corrected chi connectivity index (χ4v) is 8.53. The minimum Gasteiger partial charge on any atom is -0.211 e. The fraction of sp³-hybridized carbons (Fsp3) is 0.523. The summed E-state index contributed by atoms with van der Waals surface area (Å²) < 4.78 is 13.7. The monoisotopic (exact) mass is 691 g/mol. The molecule has 0 heterocycles. The molecule has 0 aromatic heterocycles. The zero-order valence-corrected chi connectivity index (χ0v) is 31.8. The van der Waals surface area contributed by atoms with Crippen molar-refractivity contribution >= 4 is 35.3 Å². The van der Waals surface area contributed by atoms with Crippen LogP contribution < -0.4 is 0 Å². The van der Waals surface area contributed by atoms with Crippen molar-refractivity contribution < 1.29 is 18.8 Å². The number of fused-ring (bicyclic) bond motifs is 4. The standard InChI is InChI=1S/C15H17NO.C14H15NO.C13H16FNO.C2H6/c1-2-10-6-7-13-14(10)8-11-4-3-5-12(11)15(13)16-9-17;1-9-5-6-11-7-10-3-2-4-12(10)14(13(9)11)15-8-16;1-8(2)10-5-6-11(14)12(9(3)4)13(10)15-7-16;1-2/h8,10H,2-7H2,1H3;7,9H,2-6H2,1H3;5-6,8-9H,1-4H3;1-2H3. The Morgan fingerprint density at radius 1 is 0.706 bits per heavy atom. The van der Waals surface area contributed by atoms with E-state index in [1.807, 2.05) is 41.5 Å². The Morgan fingerprint density at radius 3 is 1.88 bits per heavy atom. The van der Waals surface area contributed by atoms with Crippen LogP contribution in [-0.4, -0.2) is 18.2 Å². The average Bonchev–Trinajstić information content (AvgIpc) is 3.93. The van der Waals surface area contributed by atoms with E-state index in [9.17, 15) is 18.8 Å². The molecule has 270 valence electrons. The van der Waals surface area contributed by atoms with Gasteiger partial charge in [0, 0.05) is 5.56 Å². The van der Waals surface area contributed by atoms with Crippen LogP contribution in [0.15, 0.2) is 39.2 Å². The van der Waals surface area contributed by atoms with Gasteiger partial charge >= 0.3 is 0 Å². The van der Waals surface area contributed by atoms with E-state index in [-0.39, 0.29) is 17.7 Å². The molecule has 0 saturated heterocycles. The second-order valence-electron chi connectivity index (χ2n) is 14.5. The molecule has 3 aromatic rings. The number of rotatable bonds is 6. The van der Waals surface area contributed by atoms with E-state index >= 15 is 0 Å². The van der Waals surface area contributed by atoms with E-state index in [0.29, 0.717) is 23.1 Å². The van der Waals surface area contributed by atoms with Crippen molar-refractivity contribution in [3.05, 3.63) is 85.7 Å². The molecule has 0 N–H and O–H groups in total. The van der Waals surface area contributed by atoms with E-state index in [4.69, 9.17) is 0 Å². The number of hydrogen-bond acceptors (Lipinski definition) is 6. The lowest BCUT2D eigenvalue weighted by atomic mass is 9.92. The largest absolute Gasteiger partial charge is 0.240 e. The van der Waals surface area contributed by atoms with Crippen molar-refractivity contribution in [1.29, 1.82) is 0 Å². The number of isocyanates is 3. The number of aliphatic imine (C=N–C) groups is 3. The van der Waals surface area contributed by atoms with Crippen LogP contribution in [0.1, 0.15) is 167 Å². The number of hydrogen-bond donors (Lipinski definition) is 0. The maximum absolute atomic E-state index is 13.7. The zero-order chi connectivity index (χ0) is 37.2. The molecule has 0 aliphatic heterocycles. The van der Waals surface area contributed by atoms with Crippen molar-refractivity contribution in [2.75, 3.05) is 0 Å². The summed E-state index contributed by atoms with van der Waals surface area (Å²) >= 11 is 0. The predicted octanol–water partition coefficient (Wildman–Crippen LogP) is 11.8. The first-order chi connectivity index (χ1) is 24.6. The van der Waals surface area contributed by atoms with Crippen LogP contribution >= 0.6 is 0 Å². The molecule has 0 amide bonds. The van der Waals surface area contributed by atoms with Gasteiger partial charge < -0.3 is 0 Å². The van der Waals surface area contributed by atoms with Crippen molar-refractivity contribution in [3.8, 4) is 0 Å². The van der Waals surface area contributed by atoms with E-state index in [0.717, 1.165) is 55.5 Å². The first-order valence-corrected chi connectivity index (χ1v) is 19.1. The lowest BCUT2D eigenvalue weighted by Gasteiger charge is -2.15. The summed E-state index contributed by atoms with van der Waals surface area (Å²) in [4.78, 5) is 43.3. The lowest BCUT2D eigenvalue weighted by molar-refractivity contribution is 0.564. The zero-order valence-electron chi connectivity index (χ0n) is 31.8. The molecule has 4 aliphatic rings. The SMILES string of the molecule is CC.CC(C)c1ccc(F)c(C(C)C)c1N=C=O.CC1CCc2cc3c(c(N=C=O)c21)CCC3.CCC1CCc2c1cc1c(c2N=C=O)CCC1. The summed E-state index contributed by atoms with van der Waals surface area (Å²) in [5.74, 6) is 1.11. The van der Waals surface area contributed by atoms with Gasteiger partial charge in [-0.3, -0.25) is 0 Å². The van der Waals surface area contributed by atoms with Gasteiger partial charge in [0.05, 0.1) is 17.1 Å². The summed E-state index contributed by atoms with van der Waals surface area (Å²) in [5, 5.41) is 0. The topological polar surface area (TPSA) is 88.3 Å². The smallest absolute Gasteiger partial charge is 0.211 e. The maximum Gasteiger partial charge on any atom is 0.240 e. The minimum absolute atomic E-state index is 0.00852. The van der Waals surface area contributed by atoms with E-state index in [1.54, 1.807) is 18.2 Å². The average molecular weight is 692 g/mol. The summed E-state index contributed by atoms with van der Waals surface area (Å²) in [6.07, 6.45) is 17.7. The summed E-state index contributed by atoms with van der Waals surface area (Å²) in [6.45, 7) is 16.2.